The fraction of sp³-hybridized carbons (Fsp3) is 0.562. The lowest BCUT2D eigenvalue weighted by Gasteiger charge is -2.35. The summed E-state index contributed by atoms with van der Waals surface area (Å²) in [5.41, 5.74) is 1.47. The molecule has 1 aromatic carbocycles. The van der Waals surface area contributed by atoms with Crippen LogP contribution in [0.2, 0.25) is 0 Å². The molecule has 1 aliphatic heterocycles. The lowest BCUT2D eigenvalue weighted by molar-refractivity contribution is -0.0971. The molecule has 1 saturated heterocycles. The van der Waals surface area contributed by atoms with Crippen LogP contribution in [0.1, 0.15) is 32.5 Å². The van der Waals surface area contributed by atoms with Crippen LogP contribution in [0.5, 0.6) is 0 Å². The van der Waals surface area contributed by atoms with Crippen LogP contribution >= 0.6 is 0 Å². The average Bonchev–Trinajstić information content (AvgIpc) is 2.74. The number of benzene rings is 1. The molecule has 0 spiro atoms. The Kier molecular flexibility index (Phi) is 3.52. The number of aliphatic hydroxyl groups is 1. The van der Waals surface area contributed by atoms with Gasteiger partial charge in [-0.3, -0.25) is 0 Å². The Hall–Kier alpha value is -1.39. The fourth-order valence-corrected chi connectivity index (χ4v) is 3.21. The Labute approximate surface area is 119 Å². The molecule has 2 atom stereocenters. The van der Waals surface area contributed by atoms with Gasteiger partial charge in [0, 0.05) is 32.4 Å². The van der Waals surface area contributed by atoms with Gasteiger partial charge in [-0.2, -0.15) is 0 Å². The molecule has 3 rings (SSSR count). The summed E-state index contributed by atoms with van der Waals surface area (Å²) >= 11 is 0. The van der Waals surface area contributed by atoms with Crippen molar-refractivity contribution in [3.63, 3.8) is 0 Å². The van der Waals surface area contributed by atoms with Crippen molar-refractivity contribution in [2.24, 2.45) is 0 Å². The lowest BCUT2D eigenvalue weighted by atomic mass is 9.87. The van der Waals surface area contributed by atoms with Crippen LogP contribution in [-0.4, -0.2) is 33.0 Å². The highest BCUT2D eigenvalue weighted by Crippen LogP contribution is 2.29. The molecular weight excluding hydrogens is 252 g/mol. The van der Waals surface area contributed by atoms with Crippen LogP contribution in [0, 0.1) is 0 Å². The van der Waals surface area contributed by atoms with Gasteiger partial charge in [0.15, 0.2) is 0 Å². The molecule has 1 fully saturated rings. The fourth-order valence-electron chi connectivity index (χ4n) is 3.21. The van der Waals surface area contributed by atoms with Crippen molar-refractivity contribution in [3.05, 3.63) is 30.1 Å². The smallest absolute Gasteiger partial charge is 0.112 e. The van der Waals surface area contributed by atoms with Crippen LogP contribution in [0.15, 0.2) is 24.3 Å². The van der Waals surface area contributed by atoms with Gasteiger partial charge in [-0.15, -0.1) is 0 Å². The van der Waals surface area contributed by atoms with Gasteiger partial charge in [-0.1, -0.05) is 12.1 Å². The van der Waals surface area contributed by atoms with Gasteiger partial charge in [-0.25, -0.2) is 4.98 Å². The normalized spacial score (nSPS) is 27.1. The highest BCUT2D eigenvalue weighted by molar-refractivity contribution is 5.75. The minimum atomic E-state index is -0.689. The predicted molar refractivity (Wildman–Crippen MR) is 78.7 cm³/mol. The van der Waals surface area contributed by atoms with E-state index in [0.717, 1.165) is 23.4 Å². The van der Waals surface area contributed by atoms with E-state index >= 15 is 0 Å². The van der Waals surface area contributed by atoms with E-state index in [4.69, 9.17) is 9.72 Å². The van der Waals surface area contributed by atoms with Gasteiger partial charge in [0.25, 0.3) is 0 Å². The standard InChI is InChI=1S/C16H22N2O2/c1-3-18-14-7-5-4-6-13(14)17-15(18)11-16(19)8-9-20-12(2)10-16/h4-7,12,19H,3,8-11H2,1-2H3. The number of hydrogen-bond acceptors (Lipinski definition) is 3. The molecule has 0 radical (unpaired) electrons. The number of ether oxygens (including phenoxy) is 1. The first kappa shape index (κ1) is 13.6. The average molecular weight is 274 g/mol. The highest BCUT2D eigenvalue weighted by Gasteiger charge is 2.35. The second kappa shape index (κ2) is 5.19. The van der Waals surface area contributed by atoms with Gasteiger partial charge in [0.05, 0.1) is 22.7 Å². The van der Waals surface area contributed by atoms with Crippen LogP contribution in [0.4, 0.5) is 0 Å². The lowest BCUT2D eigenvalue weighted by Crippen LogP contribution is -2.42. The molecule has 4 heteroatoms. The number of hydrogen-bond donors (Lipinski definition) is 1. The molecule has 0 aliphatic carbocycles. The molecule has 0 saturated carbocycles. The van der Waals surface area contributed by atoms with E-state index in [1.165, 1.54) is 0 Å². The van der Waals surface area contributed by atoms with E-state index in [-0.39, 0.29) is 6.10 Å². The Morgan fingerprint density at radius 2 is 2.25 bits per heavy atom. The molecule has 0 amide bonds. The second-order valence-electron chi connectivity index (χ2n) is 5.80. The third kappa shape index (κ3) is 2.45. The summed E-state index contributed by atoms with van der Waals surface area (Å²) in [6.07, 6.45) is 2.08. The maximum absolute atomic E-state index is 10.8. The minimum absolute atomic E-state index is 0.119. The second-order valence-corrected chi connectivity index (χ2v) is 5.80. The van der Waals surface area contributed by atoms with Crippen molar-refractivity contribution in [3.8, 4) is 0 Å². The summed E-state index contributed by atoms with van der Waals surface area (Å²) in [6.45, 7) is 5.64. The third-order valence-electron chi connectivity index (χ3n) is 4.17. The number of para-hydroxylation sites is 2. The largest absolute Gasteiger partial charge is 0.389 e. The number of imidazole rings is 1. The number of fused-ring (bicyclic) bond motifs is 1. The van der Waals surface area contributed by atoms with E-state index in [9.17, 15) is 5.11 Å². The van der Waals surface area contributed by atoms with E-state index in [0.29, 0.717) is 25.9 Å². The van der Waals surface area contributed by atoms with Crippen molar-refractivity contribution in [2.75, 3.05) is 6.61 Å². The molecule has 1 aromatic heterocycles. The number of aryl methyl sites for hydroxylation is 1. The quantitative estimate of drug-likeness (QED) is 0.935. The molecule has 108 valence electrons. The SMILES string of the molecule is CCn1c(CC2(O)CCOC(C)C2)nc2ccccc21. The summed E-state index contributed by atoms with van der Waals surface area (Å²) in [4.78, 5) is 4.71. The first-order chi connectivity index (χ1) is 9.61. The Balaban J connectivity index is 1.94. The molecule has 2 unspecified atom stereocenters. The molecule has 20 heavy (non-hydrogen) atoms. The summed E-state index contributed by atoms with van der Waals surface area (Å²) in [5.74, 6) is 0.977. The molecule has 1 aliphatic rings. The maximum atomic E-state index is 10.8. The molecule has 2 aromatic rings. The molecule has 4 nitrogen and oxygen atoms in total. The number of nitrogens with zero attached hydrogens (tertiary/aromatic N) is 2. The number of rotatable bonds is 3. The van der Waals surface area contributed by atoms with Crippen LogP contribution in [0.25, 0.3) is 11.0 Å². The first-order valence-corrected chi connectivity index (χ1v) is 7.39. The topological polar surface area (TPSA) is 47.3 Å². The summed E-state index contributed by atoms with van der Waals surface area (Å²) in [6, 6.07) is 8.16. The third-order valence-corrected chi connectivity index (χ3v) is 4.17. The highest BCUT2D eigenvalue weighted by atomic mass is 16.5. The molecule has 0 bridgehead atoms. The zero-order valence-corrected chi connectivity index (χ0v) is 12.2. The maximum Gasteiger partial charge on any atom is 0.112 e. The number of aromatic nitrogens is 2. The van der Waals surface area contributed by atoms with E-state index in [1.54, 1.807) is 0 Å². The molecular formula is C16H22N2O2. The summed E-state index contributed by atoms with van der Waals surface area (Å²) in [7, 11) is 0. The van der Waals surface area contributed by atoms with Crippen molar-refractivity contribution in [1.82, 2.24) is 9.55 Å². The molecule has 2 heterocycles. The monoisotopic (exact) mass is 274 g/mol. The molecule has 1 N–H and O–H groups in total. The van der Waals surface area contributed by atoms with Gasteiger partial charge >= 0.3 is 0 Å². The van der Waals surface area contributed by atoms with Gasteiger partial charge in [-0.05, 0) is 26.0 Å². The van der Waals surface area contributed by atoms with Crippen LogP contribution in [-0.2, 0) is 17.7 Å². The van der Waals surface area contributed by atoms with Crippen LogP contribution in [0.3, 0.4) is 0 Å². The van der Waals surface area contributed by atoms with Crippen molar-refractivity contribution >= 4 is 11.0 Å². The summed E-state index contributed by atoms with van der Waals surface area (Å²) < 4.78 is 7.74. The first-order valence-electron chi connectivity index (χ1n) is 7.39. The van der Waals surface area contributed by atoms with Crippen molar-refractivity contribution < 1.29 is 9.84 Å². The van der Waals surface area contributed by atoms with Crippen molar-refractivity contribution in [1.29, 1.82) is 0 Å². The van der Waals surface area contributed by atoms with Gasteiger partial charge in [0.1, 0.15) is 5.82 Å². The Morgan fingerprint density at radius 1 is 1.45 bits per heavy atom. The zero-order chi connectivity index (χ0) is 14.2. The van der Waals surface area contributed by atoms with Gasteiger partial charge < -0.3 is 14.4 Å². The van der Waals surface area contributed by atoms with Crippen molar-refractivity contribution in [2.45, 2.75) is 51.4 Å². The summed E-state index contributed by atoms with van der Waals surface area (Å²) in [5, 5.41) is 10.8. The van der Waals surface area contributed by atoms with Gasteiger partial charge in [0.2, 0.25) is 0 Å². The Bertz CT molecular complexity index is 608. The van der Waals surface area contributed by atoms with E-state index < -0.39 is 5.60 Å². The predicted octanol–water partition coefficient (Wildman–Crippen LogP) is 2.53. The van der Waals surface area contributed by atoms with E-state index in [2.05, 4.69) is 17.6 Å². The van der Waals surface area contributed by atoms with Crippen LogP contribution < -0.4 is 0 Å². The Morgan fingerprint density at radius 3 is 3.00 bits per heavy atom. The van der Waals surface area contributed by atoms with E-state index in [1.807, 2.05) is 25.1 Å². The minimum Gasteiger partial charge on any atom is -0.389 e. The zero-order valence-electron chi connectivity index (χ0n) is 12.2.